The van der Waals surface area contributed by atoms with E-state index in [-0.39, 0.29) is 17.6 Å². The van der Waals surface area contributed by atoms with Crippen molar-refractivity contribution in [3.8, 4) is 0 Å². The molecule has 0 aliphatic carbocycles. The lowest BCUT2D eigenvalue weighted by Crippen LogP contribution is -2.42. The molecule has 1 aliphatic heterocycles. The van der Waals surface area contributed by atoms with Gasteiger partial charge >= 0.3 is 0 Å². The van der Waals surface area contributed by atoms with E-state index in [4.69, 9.17) is 4.98 Å². The molecule has 4 rings (SSSR count). The van der Waals surface area contributed by atoms with E-state index >= 15 is 0 Å². The first-order valence-corrected chi connectivity index (χ1v) is 10.0. The number of fused-ring (bicyclic) bond motifs is 1. The number of carbonyl (C=O) groups is 1. The lowest BCUT2D eigenvalue weighted by Gasteiger charge is -2.31. The van der Waals surface area contributed by atoms with Crippen molar-refractivity contribution >= 4 is 32.6 Å². The number of aromatic nitrogens is 1. The number of thiazole rings is 1. The summed E-state index contributed by atoms with van der Waals surface area (Å²) in [6, 6.07) is 12.5. The summed E-state index contributed by atoms with van der Waals surface area (Å²) in [5.74, 6) is -0.257. The molecule has 1 aliphatic rings. The standard InChI is InChI=1S/C21H22FN3OS/c1-14-4-9-18-19(11-14)27-21(24-18)25-10-2-3-16(13-25)20(26)23-12-15-5-7-17(22)8-6-15/h4-9,11,16H,2-3,10,12-13H2,1H3,(H,23,26). The fraction of sp³-hybridized carbons (Fsp3) is 0.333. The predicted molar refractivity (Wildman–Crippen MR) is 108 cm³/mol. The van der Waals surface area contributed by atoms with E-state index in [1.165, 1.54) is 22.4 Å². The van der Waals surface area contributed by atoms with Gasteiger partial charge in [-0.05, 0) is 55.2 Å². The van der Waals surface area contributed by atoms with Gasteiger partial charge in [0.1, 0.15) is 5.82 Å². The molecule has 0 radical (unpaired) electrons. The highest BCUT2D eigenvalue weighted by atomic mass is 32.1. The number of anilines is 1. The van der Waals surface area contributed by atoms with E-state index in [1.54, 1.807) is 23.5 Å². The van der Waals surface area contributed by atoms with Crippen molar-refractivity contribution in [2.45, 2.75) is 26.3 Å². The zero-order valence-electron chi connectivity index (χ0n) is 15.2. The Labute approximate surface area is 162 Å². The summed E-state index contributed by atoms with van der Waals surface area (Å²) in [5, 5.41) is 3.98. The molecule has 0 saturated carbocycles. The SMILES string of the molecule is Cc1ccc2nc(N3CCCC(C(=O)NCc4ccc(F)cc4)C3)sc2c1. The van der Waals surface area contributed by atoms with Gasteiger partial charge in [-0.1, -0.05) is 29.5 Å². The molecular formula is C21H22FN3OS. The minimum atomic E-state index is -0.265. The molecule has 6 heteroatoms. The lowest BCUT2D eigenvalue weighted by atomic mass is 9.97. The number of amides is 1. The Bertz CT molecular complexity index is 954. The van der Waals surface area contributed by atoms with E-state index in [0.29, 0.717) is 13.1 Å². The zero-order valence-corrected chi connectivity index (χ0v) is 16.1. The number of carbonyl (C=O) groups excluding carboxylic acids is 1. The summed E-state index contributed by atoms with van der Waals surface area (Å²) in [4.78, 5) is 19.6. The minimum Gasteiger partial charge on any atom is -0.352 e. The van der Waals surface area contributed by atoms with Crippen LogP contribution in [0.5, 0.6) is 0 Å². The predicted octanol–water partition coefficient (Wildman–Crippen LogP) is 4.28. The molecule has 1 unspecified atom stereocenters. The summed E-state index contributed by atoms with van der Waals surface area (Å²) >= 11 is 1.69. The van der Waals surface area contributed by atoms with E-state index in [1.807, 2.05) is 0 Å². The van der Waals surface area contributed by atoms with Gasteiger partial charge in [-0.25, -0.2) is 9.37 Å². The Morgan fingerprint density at radius 1 is 1.30 bits per heavy atom. The van der Waals surface area contributed by atoms with Gasteiger partial charge in [-0.15, -0.1) is 0 Å². The average Bonchev–Trinajstić information content (AvgIpc) is 3.10. The van der Waals surface area contributed by atoms with Gasteiger partial charge < -0.3 is 10.2 Å². The number of aryl methyl sites for hydroxylation is 1. The second-order valence-corrected chi connectivity index (χ2v) is 8.11. The number of nitrogens with one attached hydrogen (secondary N) is 1. The van der Waals surface area contributed by atoms with Crippen LogP contribution in [0.25, 0.3) is 10.2 Å². The van der Waals surface area contributed by atoms with Crippen molar-refractivity contribution in [2.24, 2.45) is 5.92 Å². The van der Waals surface area contributed by atoms with Crippen molar-refractivity contribution in [3.05, 3.63) is 59.4 Å². The highest BCUT2D eigenvalue weighted by Crippen LogP contribution is 2.32. The second kappa shape index (κ2) is 7.64. The van der Waals surface area contributed by atoms with E-state index < -0.39 is 0 Å². The van der Waals surface area contributed by atoms with Crippen LogP contribution in [0.3, 0.4) is 0 Å². The number of piperidine rings is 1. The number of halogens is 1. The van der Waals surface area contributed by atoms with Crippen molar-refractivity contribution in [1.29, 1.82) is 0 Å². The van der Waals surface area contributed by atoms with Gasteiger partial charge in [0, 0.05) is 19.6 Å². The summed E-state index contributed by atoms with van der Waals surface area (Å²) in [6.45, 7) is 4.13. The third-order valence-corrected chi connectivity index (χ3v) is 6.05. The Kier molecular flexibility index (Phi) is 5.07. The molecule has 27 heavy (non-hydrogen) atoms. The van der Waals surface area contributed by atoms with Crippen molar-refractivity contribution < 1.29 is 9.18 Å². The third-order valence-electron chi connectivity index (χ3n) is 4.98. The molecule has 2 heterocycles. The third kappa shape index (κ3) is 4.11. The van der Waals surface area contributed by atoms with Crippen LogP contribution in [0.1, 0.15) is 24.0 Å². The van der Waals surface area contributed by atoms with Crippen LogP contribution < -0.4 is 10.2 Å². The maximum absolute atomic E-state index is 13.0. The van der Waals surface area contributed by atoms with Crippen LogP contribution in [0.4, 0.5) is 9.52 Å². The maximum atomic E-state index is 13.0. The van der Waals surface area contributed by atoms with Crippen molar-refractivity contribution in [3.63, 3.8) is 0 Å². The maximum Gasteiger partial charge on any atom is 0.225 e. The Morgan fingerprint density at radius 3 is 2.93 bits per heavy atom. The van der Waals surface area contributed by atoms with Crippen LogP contribution in [0.15, 0.2) is 42.5 Å². The molecule has 0 bridgehead atoms. The number of benzene rings is 2. The lowest BCUT2D eigenvalue weighted by molar-refractivity contribution is -0.125. The summed E-state index contributed by atoms with van der Waals surface area (Å²) < 4.78 is 14.2. The number of hydrogen-bond acceptors (Lipinski definition) is 4. The summed E-state index contributed by atoms with van der Waals surface area (Å²) in [7, 11) is 0. The molecular weight excluding hydrogens is 361 g/mol. The fourth-order valence-corrected chi connectivity index (χ4v) is 4.55. The number of nitrogens with zero attached hydrogens (tertiary/aromatic N) is 2. The quantitative estimate of drug-likeness (QED) is 0.732. The molecule has 1 aromatic heterocycles. The highest BCUT2D eigenvalue weighted by molar-refractivity contribution is 7.22. The summed E-state index contributed by atoms with van der Waals surface area (Å²) in [5.41, 5.74) is 3.15. The van der Waals surface area contributed by atoms with Crippen LogP contribution >= 0.6 is 11.3 Å². The topological polar surface area (TPSA) is 45.2 Å². The van der Waals surface area contributed by atoms with Crippen molar-refractivity contribution in [2.75, 3.05) is 18.0 Å². The number of rotatable bonds is 4. The normalized spacial score (nSPS) is 17.3. The monoisotopic (exact) mass is 383 g/mol. The molecule has 1 N–H and O–H groups in total. The molecule has 4 nitrogen and oxygen atoms in total. The van der Waals surface area contributed by atoms with Gasteiger partial charge in [-0.2, -0.15) is 0 Å². The van der Waals surface area contributed by atoms with Crippen LogP contribution in [-0.2, 0) is 11.3 Å². The zero-order chi connectivity index (χ0) is 18.8. The largest absolute Gasteiger partial charge is 0.352 e. The Morgan fingerprint density at radius 2 is 2.11 bits per heavy atom. The van der Waals surface area contributed by atoms with Gasteiger partial charge in [0.25, 0.3) is 0 Å². The van der Waals surface area contributed by atoms with Gasteiger partial charge in [0.05, 0.1) is 16.1 Å². The fourth-order valence-electron chi connectivity index (χ4n) is 3.46. The van der Waals surface area contributed by atoms with Crippen LogP contribution in [-0.4, -0.2) is 24.0 Å². The van der Waals surface area contributed by atoms with Crippen molar-refractivity contribution in [1.82, 2.24) is 10.3 Å². The second-order valence-electron chi connectivity index (χ2n) is 7.10. The Balaban J connectivity index is 1.40. The first kappa shape index (κ1) is 17.9. The first-order chi connectivity index (χ1) is 13.1. The summed E-state index contributed by atoms with van der Waals surface area (Å²) in [6.07, 6.45) is 1.86. The van der Waals surface area contributed by atoms with E-state index in [9.17, 15) is 9.18 Å². The average molecular weight is 383 g/mol. The van der Waals surface area contributed by atoms with E-state index in [2.05, 4.69) is 35.3 Å². The molecule has 0 spiro atoms. The minimum absolute atomic E-state index is 0.0482. The highest BCUT2D eigenvalue weighted by Gasteiger charge is 2.27. The Hall–Kier alpha value is -2.47. The molecule has 3 aromatic rings. The first-order valence-electron chi connectivity index (χ1n) is 9.23. The smallest absolute Gasteiger partial charge is 0.225 e. The molecule has 1 saturated heterocycles. The molecule has 140 valence electrons. The van der Waals surface area contributed by atoms with E-state index in [0.717, 1.165) is 35.6 Å². The van der Waals surface area contributed by atoms with Gasteiger partial charge in [0.15, 0.2) is 5.13 Å². The molecule has 2 aromatic carbocycles. The molecule has 1 atom stereocenters. The van der Waals surface area contributed by atoms with Gasteiger partial charge in [0.2, 0.25) is 5.91 Å². The van der Waals surface area contributed by atoms with Crippen LogP contribution in [0, 0.1) is 18.7 Å². The van der Waals surface area contributed by atoms with Gasteiger partial charge in [-0.3, -0.25) is 4.79 Å². The molecule has 1 amide bonds. The molecule has 1 fully saturated rings. The number of hydrogen-bond donors (Lipinski definition) is 1. The van der Waals surface area contributed by atoms with Crippen LogP contribution in [0.2, 0.25) is 0 Å².